The van der Waals surface area contributed by atoms with Crippen LogP contribution in [0.1, 0.15) is 11.4 Å². The van der Waals surface area contributed by atoms with Gasteiger partial charge in [0.25, 0.3) is 0 Å². The second-order valence-corrected chi connectivity index (χ2v) is 6.63. The van der Waals surface area contributed by atoms with Gasteiger partial charge >= 0.3 is 0 Å². The Morgan fingerprint density at radius 3 is 2.76 bits per heavy atom. The fourth-order valence-electron chi connectivity index (χ4n) is 2.84. The number of aromatic nitrogens is 3. The zero-order valence-corrected chi connectivity index (χ0v) is 15.8. The summed E-state index contributed by atoms with van der Waals surface area (Å²) >= 11 is 5.78. The van der Waals surface area contributed by atoms with E-state index < -0.39 is 5.82 Å². The number of hydroxylamine groups is 1. The first-order valence-electron chi connectivity index (χ1n) is 8.68. The molecule has 0 unspecified atom stereocenters. The molecule has 0 saturated heterocycles. The molecule has 0 spiro atoms. The van der Waals surface area contributed by atoms with Gasteiger partial charge in [0.15, 0.2) is 11.5 Å². The topological polar surface area (TPSA) is 101 Å². The van der Waals surface area contributed by atoms with E-state index in [-0.39, 0.29) is 16.5 Å². The van der Waals surface area contributed by atoms with E-state index in [0.717, 1.165) is 11.8 Å². The average Bonchev–Trinajstić information content (AvgIpc) is 3.17. The van der Waals surface area contributed by atoms with Crippen LogP contribution in [-0.4, -0.2) is 26.0 Å². The van der Waals surface area contributed by atoms with Crippen LogP contribution < -0.4 is 10.4 Å². The molecular formula is C20H16ClFN6O. The molecule has 4 N–H and O–H groups in total. The van der Waals surface area contributed by atoms with Gasteiger partial charge in [0.1, 0.15) is 11.6 Å². The predicted octanol–water partition coefficient (Wildman–Crippen LogP) is 4.58. The molecule has 0 amide bonds. The molecule has 2 aromatic heterocycles. The zero-order chi connectivity index (χ0) is 20.4. The highest BCUT2D eigenvalue weighted by molar-refractivity contribution is 6.31. The van der Waals surface area contributed by atoms with Crippen LogP contribution in [0.4, 0.5) is 15.8 Å². The second kappa shape index (κ2) is 7.86. The Hall–Kier alpha value is -3.49. The molecule has 0 atom stereocenters. The number of imidazole rings is 1. The minimum atomic E-state index is -0.606. The van der Waals surface area contributed by atoms with Crippen molar-refractivity contribution in [2.45, 2.75) is 6.54 Å². The normalized spacial score (nSPS) is 10.9. The Bertz CT molecular complexity index is 1180. The number of rotatable bonds is 5. The van der Waals surface area contributed by atoms with Crippen molar-refractivity contribution in [2.75, 3.05) is 10.4 Å². The van der Waals surface area contributed by atoms with E-state index in [0.29, 0.717) is 34.2 Å². The number of nitrogens with one attached hydrogen (secondary N) is 3. The van der Waals surface area contributed by atoms with E-state index in [1.165, 1.54) is 18.3 Å². The van der Waals surface area contributed by atoms with Crippen LogP contribution in [0.3, 0.4) is 0 Å². The summed E-state index contributed by atoms with van der Waals surface area (Å²) in [5, 5.41) is 22.5. The minimum Gasteiger partial charge on any atom is -0.378 e. The largest absolute Gasteiger partial charge is 0.378 e. The molecule has 4 rings (SSSR count). The Morgan fingerprint density at radius 1 is 1.21 bits per heavy atom. The lowest BCUT2D eigenvalue weighted by Crippen LogP contribution is -2.27. The molecule has 0 radical (unpaired) electrons. The number of benzene rings is 2. The Kier molecular flexibility index (Phi) is 5.11. The number of nitrogens with zero attached hydrogens (tertiary/aromatic N) is 3. The van der Waals surface area contributed by atoms with Crippen molar-refractivity contribution in [3.63, 3.8) is 0 Å². The third-order valence-electron chi connectivity index (χ3n) is 4.29. The number of H-pyrrole nitrogens is 1. The first-order valence-corrected chi connectivity index (χ1v) is 9.06. The molecule has 146 valence electrons. The Balaban J connectivity index is 1.60. The summed E-state index contributed by atoms with van der Waals surface area (Å²) in [6.07, 6.45) is 1.51. The van der Waals surface area contributed by atoms with E-state index in [4.69, 9.17) is 17.0 Å². The number of hydrogen-bond acceptors (Lipinski definition) is 5. The third kappa shape index (κ3) is 3.89. The molecule has 0 aliphatic carbocycles. The highest BCUT2D eigenvalue weighted by Gasteiger charge is 2.18. The second-order valence-electron chi connectivity index (χ2n) is 6.22. The van der Waals surface area contributed by atoms with Gasteiger partial charge in [-0.15, -0.1) is 0 Å². The van der Waals surface area contributed by atoms with E-state index in [1.54, 1.807) is 6.07 Å². The molecule has 0 aliphatic rings. The van der Waals surface area contributed by atoms with Crippen LogP contribution >= 0.6 is 11.6 Å². The van der Waals surface area contributed by atoms with Gasteiger partial charge in [-0.2, -0.15) is 0 Å². The number of amidine groups is 1. The molecule has 4 aromatic rings. The van der Waals surface area contributed by atoms with Crippen LogP contribution in [0.25, 0.3) is 11.2 Å². The molecule has 0 bridgehead atoms. The van der Waals surface area contributed by atoms with Gasteiger partial charge in [-0.05, 0) is 36.4 Å². The van der Waals surface area contributed by atoms with E-state index in [9.17, 15) is 9.60 Å². The summed E-state index contributed by atoms with van der Waals surface area (Å²) in [5.74, 6) is -0.206. The van der Waals surface area contributed by atoms with E-state index in [2.05, 4.69) is 20.3 Å². The first kappa shape index (κ1) is 18.9. The van der Waals surface area contributed by atoms with Gasteiger partial charge in [-0.3, -0.25) is 10.6 Å². The van der Waals surface area contributed by atoms with Crippen LogP contribution in [0, 0.1) is 11.2 Å². The summed E-state index contributed by atoms with van der Waals surface area (Å²) in [4.78, 5) is 11.8. The van der Waals surface area contributed by atoms with Crippen molar-refractivity contribution in [2.24, 2.45) is 0 Å². The summed E-state index contributed by atoms with van der Waals surface area (Å²) in [6, 6.07) is 15.0. The van der Waals surface area contributed by atoms with Crippen LogP contribution in [0.15, 0.2) is 60.8 Å². The molecule has 7 nitrogen and oxygen atoms in total. The number of pyridine rings is 1. The highest BCUT2D eigenvalue weighted by atomic mass is 35.5. The molecule has 0 aliphatic heterocycles. The number of anilines is 2. The van der Waals surface area contributed by atoms with Crippen molar-refractivity contribution in [3.05, 3.63) is 83.0 Å². The Labute approximate surface area is 170 Å². The first-order chi connectivity index (χ1) is 14.0. The summed E-state index contributed by atoms with van der Waals surface area (Å²) < 4.78 is 13.4. The SMILES string of the molecule is N=C(c1ccnc2nc(CNc3ccccc3)[nH]c12)N(O)c1ccc(F)c(Cl)c1. The van der Waals surface area contributed by atoms with E-state index >= 15 is 0 Å². The maximum Gasteiger partial charge on any atom is 0.178 e. The van der Waals surface area contributed by atoms with Gasteiger partial charge in [0.05, 0.1) is 22.8 Å². The quantitative estimate of drug-likeness (QED) is 0.219. The standard InChI is InChI=1S/C20H16ClFN6O/c21-15-10-13(6-7-16(15)22)28(29)19(23)14-8-9-24-20-18(14)26-17(27-20)11-25-12-4-2-1-3-5-12/h1-10,23,25,29H,11H2,(H,24,26,27). The lowest BCUT2D eigenvalue weighted by molar-refractivity contribution is 0.312. The molecule has 9 heteroatoms. The molecule has 29 heavy (non-hydrogen) atoms. The van der Waals surface area contributed by atoms with E-state index in [1.807, 2.05) is 30.3 Å². The summed E-state index contributed by atoms with van der Waals surface area (Å²) in [5.41, 5.74) is 2.43. The van der Waals surface area contributed by atoms with Crippen molar-refractivity contribution in [1.82, 2.24) is 15.0 Å². The van der Waals surface area contributed by atoms with Crippen molar-refractivity contribution in [3.8, 4) is 0 Å². The predicted molar refractivity (Wildman–Crippen MR) is 110 cm³/mol. The van der Waals surface area contributed by atoms with Gasteiger partial charge in [-0.1, -0.05) is 29.8 Å². The maximum atomic E-state index is 13.4. The lowest BCUT2D eigenvalue weighted by Gasteiger charge is -2.18. The fraction of sp³-hybridized carbons (Fsp3) is 0.0500. The maximum absolute atomic E-state index is 13.4. The molecule has 0 fully saturated rings. The molecule has 2 aromatic carbocycles. The van der Waals surface area contributed by atoms with Gasteiger partial charge in [0.2, 0.25) is 0 Å². The lowest BCUT2D eigenvalue weighted by atomic mass is 10.2. The molecule has 0 saturated carbocycles. The summed E-state index contributed by atoms with van der Waals surface area (Å²) in [7, 11) is 0. The number of para-hydroxylation sites is 1. The fourth-order valence-corrected chi connectivity index (χ4v) is 3.02. The molecule has 2 heterocycles. The van der Waals surface area contributed by atoms with Crippen molar-refractivity contribution in [1.29, 1.82) is 5.41 Å². The number of halogens is 2. The number of aromatic amines is 1. The highest BCUT2D eigenvalue weighted by Crippen LogP contribution is 2.24. The third-order valence-corrected chi connectivity index (χ3v) is 4.58. The van der Waals surface area contributed by atoms with Crippen molar-refractivity contribution >= 4 is 40.0 Å². The van der Waals surface area contributed by atoms with Crippen LogP contribution in [0.2, 0.25) is 5.02 Å². The number of hydrogen-bond donors (Lipinski definition) is 4. The molecular weight excluding hydrogens is 395 g/mol. The van der Waals surface area contributed by atoms with Crippen LogP contribution in [0.5, 0.6) is 0 Å². The van der Waals surface area contributed by atoms with Gasteiger partial charge in [0, 0.05) is 17.4 Å². The minimum absolute atomic E-state index is 0.148. The van der Waals surface area contributed by atoms with Crippen molar-refractivity contribution < 1.29 is 9.60 Å². The average molecular weight is 411 g/mol. The number of fused-ring (bicyclic) bond motifs is 1. The zero-order valence-electron chi connectivity index (χ0n) is 15.0. The van der Waals surface area contributed by atoms with Crippen LogP contribution in [-0.2, 0) is 6.54 Å². The Morgan fingerprint density at radius 2 is 2.00 bits per heavy atom. The summed E-state index contributed by atoms with van der Waals surface area (Å²) in [6.45, 7) is 0.434. The van der Waals surface area contributed by atoms with Gasteiger partial charge < -0.3 is 10.3 Å². The smallest absolute Gasteiger partial charge is 0.178 e. The monoisotopic (exact) mass is 410 g/mol. The van der Waals surface area contributed by atoms with Gasteiger partial charge in [-0.25, -0.2) is 19.4 Å².